The Morgan fingerprint density at radius 1 is 1.15 bits per heavy atom. The van der Waals surface area contributed by atoms with E-state index in [1.54, 1.807) is 0 Å². The van der Waals surface area contributed by atoms with E-state index in [1.165, 1.54) is 36.6 Å². The molecule has 1 aromatic carbocycles. The Labute approximate surface area is 161 Å². The number of halogens is 2. The molecule has 0 aliphatic carbocycles. The smallest absolute Gasteiger partial charge is 0.355 e. The Bertz CT molecular complexity index is 976. The van der Waals surface area contributed by atoms with E-state index < -0.39 is 16.5 Å². The molecular weight excluding hydrogens is 399 g/mol. The summed E-state index contributed by atoms with van der Waals surface area (Å²) in [5, 5.41) is 14.9. The van der Waals surface area contributed by atoms with Crippen LogP contribution in [0.2, 0.25) is 10.0 Å². The second kappa shape index (κ2) is 7.89. The van der Waals surface area contributed by atoms with E-state index in [-0.39, 0.29) is 17.4 Å². The van der Waals surface area contributed by atoms with Crippen LogP contribution in [0.4, 0.5) is 23.0 Å². The van der Waals surface area contributed by atoms with E-state index in [4.69, 9.17) is 27.6 Å². The number of carbonyl (C=O) groups excluding carboxylic acids is 1. The highest BCUT2D eigenvalue weighted by Crippen LogP contribution is 2.32. The van der Waals surface area contributed by atoms with Crippen molar-refractivity contribution in [3.8, 4) is 0 Å². The Morgan fingerprint density at radius 2 is 1.85 bits per heavy atom. The van der Waals surface area contributed by atoms with Gasteiger partial charge in [0.15, 0.2) is 5.76 Å². The lowest BCUT2D eigenvalue weighted by Crippen LogP contribution is -2.30. The van der Waals surface area contributed by atoms with Crippen LogP contribution in [0.25, 0.3) is 0 Å². The van der Waals surface area contributed by atoms with Crippen molar-refractivity contribution in [1.82, 2.24) is 15.4 Å². The average molecular weight is 409 g/mol. The first-order chi connectivity index (χ1) is 12.9. The van der Waals surface area contributed by atoms with Gasteiger partial charge in [0.2, 0.25) is 11.6 Å². The van der Waals surface area contributed by atoms with Crippen LogP contribution in [-0.4, -0.2) is 20.8 Å². The number of aromatic nitrogens is 2. The zero-order valence-corrected chi connectivity index (χ0v) is 14.8. The number of carbonyl (C=O) groups is 1. The third kappa shape index (κ3) is 4.43. The lowest BCUT2D eigenvalue weighted by atomic mass is 10.3. The number of hydrazine groups is 1. The zero-order valence-electron chi connectivity index (χ0n) is 13.3. The first kappa shape index (κ1) is 18.4. The van der Waals surface area contributed by atoms with Crippen molar-refractivity contribution in [1.29, 1.82) is 0 Å². The summed E-state index contributed by atoms with van der Waals surface area (Å²) < 4.78 is 4.93. The van der Waals surface area contributed by atoms with Crippen LogP contribution >= 0.6 is 23.2 Å². The monoisotopic (exact) mass is 408 g/mol. The van der Waals surface area contributed by atoms with Crippen molar-refractivity contribution in [2.45, 2.75) is 0 Å². The number of hydrogen-bond acceptors (Lipinski definition) is 8. The van der Waals surface area contributed by atoms with Gasteiger partial charge >= 0.3 is 11.6 Å². The van der Waals surface area contributed by atoms with Gasteiger partial charge in [0.1, 0.15) is 6.33 Å². The molecule has 3 rings (SSSR count). The number of nitrogens with zero attached hydrogens (tertiary/aromatic N) is 3. The van der Waals surface area contributed by atoms with Crippen LogP contribution in [0.15, 0.2) is 47.3 Å². The molecule has 0 radical (unpaired) electrons. The standard InChI is InChI=1S/C15H10Cl2N6O4/c16-8-4-9(17)6-10(5-8)20-13-12(23(25)26)14(19-7-18-13)21-22-15(24)11-2-1-3-27-11/h1-7H,(H,22,24)(H2,18,19,20,21). The molecule has 0 aliphatic rings. The van der Waals surface area contributed by atoms with Gasteiger partial charge in [0.25, 0.3) is 0 Å². The first-order valence-electron chi connectivity index (χ1n) is 7.26. The quantitative estimate of drug-likeness (QED) is 0.413. The highest BCUT2D eigenvalue weighted by Gasteiger charge is 2.24. The topological polar surface area (TPSA) is 135 Å². The van der Waals surface area contributed by atoms with Gasteiger partial charge in [-0.15, -0.1) is 0 Å². The molecule has 1 amide bonds. The summed E-state index contributed by atoms with van der Waals surface area (Å²) in [4.78, 5) is 30.3. The highest BCUT2D eigenvalue weighted by atomic mass is 35.5. The fraction of sp³-hybridized carbons (Fsp3) is 0. The molecule has 0 unspecified atom stereocenters. The fourth-order valence-corrected chi connectivity index (χ4v) is 2.61. The number of rotatable bonds is 6. The van der Waals surface area contributed by atoms with E-state index in [2.05, 4.69) is 26.1 Å². The van der Waals surface area contributed by atoms with Gasteiger partial charge in [0, 0.05) is 15.7 Å². The van der Waals surface area contributed by atoms with Gasteiger partial charge in [-0.05, 0) is 30.3 Å². The van der Waals surface area contributed by atoms with Gasteiger partial charge in [-0.3, -0.25) is 25.8 Å². The number of hydrogen-bond donors (Lipinski definition) is 3. The molecule has 12 heteroatoms. The van der Waals surface area contributed by atoms with Crippen LogP contribution in [0.5, 0.6) is 0 Å². The maximum atomic E-state index is 11.9. The molecule has 0 saturated heterocycles. The number of nitrogens with one attached hydrogen (secondary N) is 3. The molecule has 0 atom stereocenters. The van der Waals surface area contributed by atoms with Crippen molar-refractivity contribution < 1.29 is 14.1 Å². The Hall–Kier alpha value is -3.37. The molecule has 0 aliphatic heterocycles. The minimum atomic E-state index is -0.699. The number of anilines is 3. The summed E-state index contributed by atoms with van der Waals surface area (Å²) in [6.45, 7) is 0. The summed E-state index contributed by atoms with van der Waals surface area (Å²) in [5.41, 5.74) is 4.54. The molecule has 2 heterocycles. The SMILES string of the molecule is O=C(NNc1ncnc(Nc2cc(Cl)cc(Cl)c2)c1[N+](=O)[O-])c1ccco1. The van der Waals surface area contributed by atoms with Crippen LogP contribution in [0, 0.1) is 10.1 Å². The summed E-state index contributed by atoms with van der Waals surface area (Å²) >= 11 is 11.8. The molecular formula is C15H10Cl2N6O4. The number of amides is 1. The summed E-state index contributed by atoms with van der Waals surface area (Å²) in [7, 11) is 0. The Morgan fingerprint density at radius 3 is 2.48 bits per heavy atom. The number of benzene rings is 1. The van der Waals surface area contributed by atoms with E-state index in [0.29, 0.717) is 15.7 Å². The maximum absolute atomic E-state index is 11.9. The molecule has 27 heavy (non-hydrogen) atoms. The third-order valence-corrected chi connectivity index (χ3v) is 3.61. The second-order valence-electron chi connectivity index (χ2n) is 5.02. The summed E-state index contributed by atoms with van der Waals surface area (Å²) in [6, 6.07) is 7.51. The lowest BCUT2D eigenvalue weighted by Gasteiger charge is -2.10. The molecule has 138 valence electrons. The molecule has 0 saturated carbocycles. The highest BCUT2D eigenvalue weighted by molar-refractivity contribution is 6.35. The van der Waals surface area contributed by atoms with Gasteiger partial charge in [0.05, 0.1) is 11.2 Å². The minimum Gasteiger partial charge on any atom is -0.459 e. The number of furan rings is 1. The molecule has 3 aromatic rings. The average Bonchev–Trinajstić information content (AvgIpc) is 3.13. The van der Waals surface area contributed by atoms with Gasteiger partial charge in [-0.2, -0.15) is 0 Å². The lowest BCUT2D eigenvalue weighted by molar-refractivity contribution is -0.383. The van der Waals surface area contributed by atoms with Crippen LogP contribution < -0.4 is 16.2 Å². The Kier molecular flexibility index (Phi) is 5.38. The normalized spacial score (nSPS) is 10.3. The molecule has 0 bridgehead atoms. The maximum Gasteiger partial charge on any atom is 0.355 e. The van der Waals surface area contributed by atoms with Crippen molar-refractivity contribution in [2.75, 3.05) is 10.7 Å². The molecule has 2 aromatic heterocycles. The van der Waals surface area contributed by atoms with Gasteiger partial charge in [-0.25, -0.2) is 9.97 Å². The van der Waals surface area contributed by atoms with E-state index in [9.17, 15) is 14.9 Å². The largest absolute Gasteiger partial charge is 0.459 e. The van der Waals surface area contributed by atoms with E-state index in [0.717, 1.165) is 6.33 Å². The predicted molar refractivity (Wildman–Crippen MR) is 98.2 cm³/mol. The van der Waals surface area contributed by atoms with E-state index in [1.807, 2.05) is 0 Å². The Balaban J connectivity index is 1.86. The van der Waals surface area contributed by atoms with Gasteiger partial charge in [-0.1, -0.05) is 23.2 Å². The van der Waals surface area contributed by atoms with Crippen LogP contribution in [0.1, 0.15) is 10.6 Å². The second-order valence-corrected chi connectivity index (χ2v) is 5.89. The predicted octanol–water partition coefficient (Wildman–Crippen LogP) is 3.79. The number of nitro groups is 1. The molecule has 0 fully saturated rings. The zero-order chi connectivity index (χ0) is 19.4. The van der Waals surface area contributed by atoms with Crippen molar-refractivity contribution in [2.24, 2.45) is 0 Å². The first-order valence-corrected chi connectivity index (χ1v) is 8.02. The molecule has 3 N–H and O–H groups in total. The van der Waals surface area contributed by atoms with Crippen molar-refractivity contribution in [3.63, 3.8) is 0 Å². The summed E-state index contributed by atoms with van der Waals surface area (Å²) in [6.07, 6.45) is 2.41. The molecule has 10 nitrogen and oxygen atoms in total. The fourth-order valence-electron chi connectivity index (χ4n) is 2.08. The van der Waals surface area contributed by atoms with Crippen molar-refractivity contribution >= 4 is 52.1 Å². The van der Waals surface area contributed by atoms with E-state index >= 15 is 0 Å². The minimum absolute atomic E-state index is 0.0196. The molecule has 0 spiro atoms. The van der Waals surface area contributed by atoms with Crippen molar-refractivity contribution in [3.05, 3.63) is 68.8 Å². The van der Waals surface area contributed by atoms with Crippen LogP contribution in [0.3, 0.4) is 0 Å². The van der Waals surface area contributed by atoms with Crippen LogP contribution in [-0.2, 0) is 0 Å². The van der Waals surface area contributed by atoms with Gasteiger partial charge < -0.3 is 9.73 Å². The summed E-state index contributed by atoms with van der Waals surface area (Å²) in [5.74, 6) is -0.969. The third-order valence-electron chi connectivity index (χ3n) is 3.17.